The zero-order valence-corrected chi connectivity index (χ0v) is 18.4. The van der Waals surface area contributed by atoms with E-state index in [4.69, 9.17) is 4.74 Å². The number of nitrogens with zero attached hydrogens (tertiary/aromatic N) is 2. The van der Waals surface area contributed by atoms with Crippen molar-refractivity contribution in [2.45, 2.75) is 34.6 Å². The molecular formula is C23H27N3O5. The molecule has 0 fully saturated rings. The van der Waals surface area contributed by atoms with Crippen molar-refractivity contribution >= 4 is 28.9 Å². The Morgan fingerprint density at radius 1 is 1.29 bits per heavy atom. The van der Waals surface area contributed by atoms with Gasteiger partial charge in [-0.25, -0.2) is 0 Å². The van der Waals surface area contributed by atoms with E-state index in [9.17, 15) is 19.7 Å². The number of nitrogens with one attached hydrogen (secondary N) is 1. The lowest BCUT2D eigenvalue weighted by molar-refractivity contribution is -0.385. The number of ether oxygens (including phenoxy) is 1. The molecule has 1 aliphatic heterocycles. The fraction of sp³-hybridized carbons (Fsp3) is 0.391. The van der Waals surface area contributed by atoms with Crippen LogP contribution < -0.4 is 15.0 Å². The lowest BCUT2D eigenvalue weighted by Crippen LogP contribution is -2.43. The summed E-state index contributed by atoms with van der Waals surface area (Å²) in [6.07, 6.45) is 0. The van der Waals surface area contributed by atoms with Crippen LogP contribution in [0.5, 0.6) is 5.75 Å². The maximum absolute atomic E-state index is 13.1. The van der Waals surface area contributed by atoms with Crippen LogP contribution in [0.2, 0.25) is 0 Å². The van der Waals surface area contributed by atoms with Gasteiger partial charge in [0.2, 0.25) is 5.91 Å². The molecule has 2 aromatic carbocycles. The minimum absolute atomic E-state index is 0.0102. The second-order valence-electron chi connectivity index (χ2n) is 8.83. The van der Waals surface area contributed by atoms with Gasteiger partial charge in [-0.1, -0.05) is 19.9 Å². The third-order valence-electron chi connectivity index (χ3n) is 5.22. The molecule has 164 valence electrons. The topological polar surface area (TPSA) is 102 Å². The molecule has 31 heavy (non-hydrogen) atoms. The van der Waals surface area contributed by atoms with E-state index >= 15 is 0 Å². The number of nitro groups is 1. The Kier molecular flexibility index (Phi) is 6.01. The molecule has 0 saturated heterocycles. The van der Waals surface area contributed by atoms with E-state index in [0.717, 1.165) is 0 Å². The van der Waals surface area contributed by atoms with Gasteiger partial charge >= 0.3 is 0 Å². The number of carbonyl (C=O) groups excluding carboxylic acids is 2. The monoisotopic (exact) mass is 425 g/mol. The van der Waals surface area contributed by atoms with Crippen LogP contribution in [0, 0.1) is 28.4 Å². The van der Waals surface area contributed by atoms with E-state index < -0.39 is 16.2 Å². The highest BCUT2D eigenvalue weighted by Gasteiger charge is 2.38. The molecule has 2 aromatic rings. The predicted molar refractivity (Wildman–Crippen MR) is 119 cm³/mol. The number of benzene rings is 2. The first kappa shape index (κ1) is 22.3. The van der Waals surface area contributed by atoms with Crippen LogP contribution in [-0.2, 0) is 4.79 Å². The van der Waals surface area contributed by atoms with Crippen LogP contribution in [0.3, 0.4) is 0 Å². The van der Waals surface area contributed by atoms with Crippen molar-refractivity contribution < 1.29 is 19.2 Å². The Morgan fingerprint density at radius 2 is 2.00 bits per heavy atom. The number of anilines is 2. The average Bonchev–Trinajstić information content (AvgIpc) is 2.78. The van der Waals surface area contributed by atoms with E-state index in [1.54, 1.807) is 36.1 Å². The van der Waals surface area contributed by atoms with Crippen LogP contribution in [0.15, 0.2) is 36.4 Å². The molecule has 1 aliphatic rings. The number of hydrogen-bond donors (Lipinski definition) is 1. The maximum Gasteiger partial charge on any atom is 0.273 e. The zero-order valence-electron chi connectivity index (χ0n) is 18.4. The first-order valence-electron chi connectivity index (χ1n) is 10.2. The molecule has 0 bridgehead atoms. The number of carbonyl (C=O) groups is 2. The molecule has 8 nitrogen and oxygen atoms in total. The van der Waals surface area contributed by atoms with Gasteiger partial charge in [-0.3, -0.25) is 19.7 Å². The molecule has 2 amide bonds. The quantitative estimate of drug-likeness (QED) is 0.559. The van der Waals surface area contributed by atoms with Crippen LogP contribution in [0.1, 0.15) is 43.6 Å². The Labute approximate surface area is 181 Å². The largest absolute Gasteiger partial charge is 0.490 e. The van der Waals surface area contributed by atoms with Gasteiger partial charge in [-0.05, 0) is 44.9 Å². The van der Waals surface area contributed by atoms with Gasteiger partial charge < -0.3 is 15.0 Å². The third kappa shape index (κ3) is 4.52. The molecule has 0 atom stereocenters. The molecule has 0 aliphatic carbocycles. The average molecular weight is 425 g/mol. The van der Waals surface area contributed by atoms with Crippen molar-refractivity contribution in [3.63, 3.8) is 0 Å². The van der Waals surface area contributed by atoms with Crippen molar-refractivity contribution in [1.82, 2.24) is 0 Å². The highest BCUT2D eigenvalue weighted by Crippen LogP contribution is 2.38. The SMILES string of the molecule is Cc1c(C(=O)Nc2ccc3c(c2)OCC(C)(C)C(=O)N3CC(C)C)cccc1[N+](=O)[O-]. The summed E-state index contributed by atoms with van der Waals surface area (Å²) < 4.78 is 5.95. The van der Waals surface area contributed by atoms with Crippen molar-refractivity contribution in [2.75, 3.05) is 23.4 Å². The molecule has 3 rings (SSSR count). The lowest BCUT2D eigenvalue weighted by atomic mass is 9.92. The summed E-state index contributed by atoms with van der Waals surface area (Å²) in [5, 5.41) is 13.9. The van der Waals surface area contributed by atoms with Gasteiger partial charge in [-0.2, -0.15) is 0 Å². The van der Waals surface area contributed by atoms with Crippen molar-refractivity contribution in [3.05, 3.63) is 57.6 Å². The normalized spacial score (nSPS) is 15.2. The Hall–Kier alpha value is -3.42. The fourth-order valence-electron chi connectivity index (χ4n) is 3.54. The Morgan fingerprint density at radius 3 is 2.65 bits per heavy atom. The van der Waals surface area contributed by atoms with Gasteiger partial charge in [0.25, 0.3) is 11.6 Å². The highest BCUT2D eigenvalue weighted by atomic mass is 16.6. The maximum atomic E-state index is 13.1. The molecule has 0 unspecified atom stereocenters. The summed E-state index contributed by atoms with van der Waals surface area (Å²) in [7, 11) is 0. The zero-order chi connectivity index (χ0) is 22.9. The van der Waals surface area contributed by atoms with Crippen molar-refractivity contribution in [3.8, 4) is 5.75 Å². The molecular weight excluding hydrogens is 398 g/mol. The fourth-order valence-corrected chi connectivity index (χ4v) is 3.54. The Bertz CT molecular complexity index is 1050. The van der Waals surface area contributed by atoms with Gasteiger partial charge in [0.15, 0.2) is 0 Å². The number of amides is 2. The first-order chi connectivity index (χ1) is 14.5. The summed E-state index contributed by atoms with van der Waals surface area (Å²) >= 11 is 0. The van der Waals surface area contributed by atoms with E-state index in [1.165, 1.54) is 12.1 Å². The molecule has 0 spiro atoms. The molecule has 8 heteroatoms. The third-order valence-corrected chi connectivity index (χ3v) is 5.22. The van der Waals surface area contributed by atoms with E-state index in [1.807, 2.05) is 27.7 Å². The molecule has 1 heterocycles. The van der Waals surface area contributed by atoms with Crippen LogP contribution in [0.4, 0.5) is 17.1 Å². The Balaban J connectivity index is 1.92. The number of fused-ring (bicyclic) bond motifs is 1. The van der Waals surface area contributed by atoms with Gasteiger partial charge in [-0.15, -0.1) is 0 Å². The number of rotatable bonds is 5. The second kappa shape index (κ2) is 8.37. The number of nitro benzene ring substituents is 1. The second-order valence-corrected chi connectivity index (χ2v) is 8.83. The van der Waals surface area contributed by atoms with E-state index in [2.05, 4.69) is 5.32 Å². The predicted octanol–water partition coefficient (Wildman–Crippen LogP) is 4.56. The smallest absolute Gasteiger partial charge is 0.273 e. The summed E-state index contributed by atoms with van der Waals surface area (Å²) in [6, 6.07) is 9.53. The first-order valence-corrected chi connectivity index (χ1v) is 10.2. The summed E-state index contributed by atoms with van der Waals surface area (Å²) in [5.74, 6) is 0.309. The standard InChI is InChI=1S/C23H27N3O5/c1-14(2)12-25-19-10-9-16(11-20(19)31-13-23(4,5)22(25)28)24-21(27)17-7-6-8-18(15(17)3)26(29)30/h6-11,14H,12-13H2,1-5H3,(H,24,27). The summed E-state index contributed by atoms with van der Waals surface area (Å²) in [5.41, 5.74) is 0.870. The van der Waals surface area contributed by atoms with Crippen LogP contribution >= 0.6 is 0 Å². The molecule has 0 aromatic heterocycles. The van der Waals surface area contributed by atoms with Crippen molar-refractivity contribution in [1.29, 1.82) is 0 Å². The molecule has 1 N–H and O–H groups in total. The summed E-state index contributed by atoms with van der Waals surface area (Å²) in [4.78, 5) is 38.2. The van der Waals surface area contributed by atoms with Gasteiger partial charge in [0.05, 0.1) is 16.0 Å². The summed E-state index contributed by atoms with van der Waals surface area (Å²) in [6.45, 7) is 10.1. The van der Waals surface area contributed by atoms with Crippen LogP contribution in [-0.4, -0.2) is 29.9 Å². The van der Waals surface area contributed by atoms with E-state index in [-0.39, 0.29) is 29.7 Å². The minimum atomic E-state index is -0.683. The molecule has 0 saturated carbocycles. The number of hydrogen-bond acceptors (Lipinski definition) is 5. The molecule has 0 radical (unpaired) electrons. The van der Waals surface area contributed by atoms with E-state index in [0.29, 0.717) is 29.2 Å². The van der Waals surface area contributed by atoms with Gasteiger partial charge in [0.1, 0.15) is 12.4 Å². The van der Waals surface area contributed by atoms with Crippen molar-refractivity contribution in [2.24, 2.45) is 11.3 Å². The highest BCUT2D eigenvalue weighted by molar-refractivity contribution is 6.06. The van der Waals surface area contributed by atoms with Crippen LogP contribution in [0.25, 0.3) is 0 Å². The minimum Gasteiger partial charge on any atom is -0.490 e. The van der Waals surface area contributed by atoms with Gasteiger partial charge in [0, 0.05) is 35.5 Å². The lowest BCUT2D eigenvalue weighted by Gasteiger charge is -2.29.